The molecule has 0 bridgehead atoms. The summed E-state index contributed by atoms with van der Waals surface area (Å²) >= 11 is 0. The molecule has 2 amide bonds. The maximum absolute atomic E-state index is 12.9. The van der Waals surface area contributed by atoms with Gasteiger partial charge in [0.05, 0.1) is 13.2 Å². The van der Waals surface area contributed by atoms with Crippen molar-refractivity contribution in [2.45, 2.75) is 32.0 Å². The largest absolute Gasteiger partial charge is 0.347 e. The van der Waals surface area contributed by atoms with Crippen molar-refractivity contribution in [3.05, 3.63) is 65.2 Å². The summed E-state index contributed by atoms with van der Waals surface area (Å²) in [5.74, 6) is -0.805. The number of carbonyl (C=O) groups excluding carboxylic acids is 2. The Kier molecular flexibility index (Phi) is 5.65. The SMILES string of the molecule is CCc1ccc(NC(=O)c2cccc(C(=O)N3CCC4(CC3)OCCO4)c2)cc1. The highest BCUT2D eigenvalue weighted by Crippen LogP contribution is 2.31. The number of nitrogens with zero attached hydrogens (tertiary/aromatic N) is 1. The van der Waals surface area contributed by atoms with Crippen LogP contribution in [0.4, 0.5) is 5.69 Å². The fourth-order valence-corrected chi connectivity index (χ4v) is 3.84. The van der Waals surface area contributed by atoms with Gasteiger partial charge in [-0.05, 0) is 42.3 Å². The van der Waals surface area contributed by atoms with E-state index in [0.717, 1.165) is 12.1 Å². The second-order valence-electron chi connectivity index (χ2n) is 7.49. The normalized spacial score (nSPS) is 18.0. The molecule has 152 valence electrons. The lowest BCUT2D eigenvalue weighted by Crippen LogP contribution is -2.47. The minimum Gasteiger partial charge on any atom is -0.347 e. The number of anilines is 1. The van der Waals surface area contributed by atoms with Crippen LogP contribution in [0.2, 0.25) is 0 Å². The Morgan fingerprint density at radius 2 is 1.66 bits per heavy atom. The topological polar surface area (TPSA) is 67.9 Å². The fourth-order valence-electron chi connectivity index (χ4n) is 3.84. The van der Waals surface area contributed by atoms with Crippen molar-refractivity contribution in [1.82, 2.24) is 4.90 Å². The molecule has 2 aromatic rings. The van der Waals surface area contributed by atoms with Crippen molar-refractivity contribution in [2.75, 3.05) is 31.6 Å². The number of piperidine rings is 1. The van der Waals surface area contributed by atoms with E-state index in [1.54, 1.807) is 29.2 Å². The van der Waals surface area contributed by atoms with Crippen LogP contribution in [0.15, 0.2) is 48.5 Å². The molecule has 29 heavy (non-hydrogen) atoms. The third kappa shape index (κ3) is 4.33. The van der Waals surface area contributed by atoms with E-state index in [-0.39, 0.29) is 11.8 Å². The van der Waals surface area contributed by atoms with Gasteiger partial charge in [0.1, 0.15) is 0 Å². The van der Waals surface area contributed by atoms with Crippen LogP contribution in [0, 0.1) is 0 Å². The van der Waals surface area contributed by atoms with Gasteiger partial charge in [-0.1, -0.05) is 25.1 Å². The molecular weight excluding hydrogens is 368 g/mol. The second kappa shape index (κ2) is 8.35. The van der Waals surface area contributed by atoms with Crippen LogP contribution in [0.25, 0.3) is 0 Å². The fraction of sp³-hybridized carbons (Fsp3) is 0.391. The Balaban J connectivity index is 1.41. The molecule has 0 radical (unpaired) electrons. The average molecular weight is 394 g/mol. The summed E-state index contributed by atoms with van der Waals surface area (Å²) in [7, 11) is 0. The van der Waals surface area contributed by atoms with E-state index in [2.05, 4.69) is 12.2 Å². The third-order valence-electron chi connectivity index (χ3n) is 5.62. The molecule has 2 heterocycles. The Bertz CT molecular complexity index is 878. The highest BCUT2D eigenvalue weighted by molar-refractivity contribution is 6.06. The molecule has 6 nitrogen and oxygen atoms in total. The van der Waals surface area contributed by atoms with Crippen LogP contribution in [0.3, 0.4) is 0 Å². The quantitative estimate of drug-likeness (QED) is 0.862. The molecule has 2 saturated heterocycles. The van der Waals surface area contributed by atoms with Crippen molar-refractivity contribution < 1.29 is 19.1 Å². The van der Waals surface area contributed by atoms with Crippen LogP contribution in [0.1, 0.15) is 46.0 Å². The lowest BCUT2D eigenvalue weighted by molar-refractivity contribution is -0.181. The zero-order valence-electron chi connectivity index (χ0n) is 16.6. The highest BCUT2D eigenvalue weighted by Gasteiger charge is 2.40. The summed E-state index contributed by atoms with van der Waals surface area (Å²) < 4.78 is 11.4. The van der Waals surface area contributed by atoms with Crippen molar-refractivity contribution in [3.63, 3.8) is 0 Å². The first-order valence-electron chi connectivity index (χ1n) is 10.2. The van der Waals surface area contributed by atoms with Gasteiger partial charge in [-0.3, -0.25) is 9.59 Å². The summed E-state index contributed by atoms with van der Waals surface area (Å²) in [6.45, 7) is 4.49. The number of likely N-dealkylation sites (tertiary alicyclic amines) is 1. The second-order valence-corrected chi connectivity index (χ2v) is 7.49. The molecule has 4 rings (SSSR count). The average Bonchev–Trinajstić information content (AvgIpc) is 3.22. The highest BCUT2D eigenvalue weighted by atomic mass is 16.7. The Hall–Kier alpha value is -2.70. The Morgan fingerprint density at radius 3 is 2.31 bits per heavy atom. The molecule has 0 unspecified atom stereocenters. The molecule has 0 aliphatic carbocycles. The van der Waals surface area contributed by atoms with Crippen LogP contribution < -0.4 is 5.32 Å². The Labute approximate surface area is 170 Å². The van der Waals surface area contributed by atoms with Crippen molar-refractivity contribution in [1.29, 1.82) is 0 Å². The number of ether oxygens (including phenoxy) is 2. The lowest BCUT2D eigenvalue weighted by Gasteiger charge is -2.37. The Morgan fingerprint density at radius 1 is 1.00 bits per heavy atom. The lowest BCUT2D eigenvalue weighted by atomic mass is 10.0. The van der Waals surface area contributed by atoms with Crippen molar-refractivity contribution in [3.8, 4) is 0 Å². The number of benzene rings is 2. The van der Waals surface area contributed by atoms with Gasteiger partial charge in [-0.25, -0.2) is 0 Å². The summed E-state index contributed by atoms with van der Waals surface area (Å²) in [6.07, 6.45) is 2.30. The van der Waals surface area contributed by atoms with Gasteiger partial charge in [0.25, 0.3) is 11.8 Å². The maximum Gasteiger partial charge on any atom is 0.255 e. The van der Waals surface area contributed by atoms with Crippen LogP contribution in [-0.2, 0) is 15.9 Å². The van der Waals surface area contributed by atoms with Gasteiger partial charge in [-0.2, -0.15) is 0 Å². The molecule has 2 aliphatic heterocycles. The van der Waals surface area contributed by atoms with E-state index in [1.165, 1.54) is 5.56 Å². The van der Waals surface area contributed by atoms with Gasteiger partial charge < -0.3 is 19.7 Å². The first-order chi connectivity index (χ1) is 14.1. The standard InChI is InChI=1S/C23H26N2O4/c1-2-17-6-8-20(9-7-17)24-21(26)18-4-3-5-19(16-18)22(27)25-12-10-23(11-13-25)28-14-15-29-23/h3-9,16H,2,10-15H2,1H3,(H,24,26). The summed E-state index contributed by atoms with van der Waals surface area (Å²) in [6, 6.07) is 14.7. The zero-order valence-corrected chi connectivity index (χ0v) is 16.6. The maximum atomic E-state index is 12.9. The molecule has 0 saturated carbocycles. The summed E-state index contributed by atoms with van der Waals surface area (Å²) in [5, 5.41) is 2.89. The minimum atomic E-state index is -0.508. The zero-order chi connectivity index (χ0) is 20.3. The first kappa shape index (κ1) is 19.6. The number of nitrogens with one attached hydrogen (secondary N) is 1. The molecule has 2 aromatic carbocycles. The predicted octanol–water partition coefficient (Wildman–Crippen LogP) is 3.48. The number of hydrogen-bond donors (Lipinski definition) is 1. The summed E-state index contributed by atoms with van der Waals surface area (Å²) in [4.78, 5) is 27.3. The number of rotatable bonds is 4. The van der Waals surface area contributed by atoms with Gasteiger partial charge in [-0.15, -0.1) is 0 Å². The molecule has 0 aromatic heterocycles. The van der Waals surface area contributed by atoms with E-state index in [9.17, 15) is 9.59 Å². The number of carbonyl (C=O) groups is 2. The van der Waals surface area contributed by atoms with Gasteiger partial charge in [0.15, 0.2) is 5.79 Å². The van der Waals surface area contributed by atoms with E-state index >= 15 is 0 Å². The van der Waals surface area contributed by atoms with Crippen molar-refractivity contribution >= 4 is 17.5 Å². The molecule has 1 spiro atoms. The third-order valence-corrected chi connectivity index (χ3v) is 5.62. The molecule has 0 atom stereocenters. The molecular formula is C23H26N2O4. The van der Waals surface area contributed by atoms with Crippen LogP contribution in [-0.4, -0.2) is 48.8 Å². The van der Waals surface area contributed by atoms with Crippen LogP contribution >= 0.6 is 0 Å². The molecule has 2 fully saturated rings. The van der Waals surface area contributed by atoms with Gasteiger partial charge >= 0.3 is 0 Å². The molecule has 1 N–H and O–H groups in total. The van der Waals surface area contributed by atoms with E-state index in [0.29, 0.717) is 50.3 Å². The van der Waals surface area contributed by atoms with Crippen molar-refractivity contribution in [2.24, 2.45) is 0 Å². The van der Waals surface area contributed by atoms with E-state index in [1.807, 2.05) is 24.3 Å². The predicted molar refractivity (Wildman–Crippen MR) is 110 cm³/mol. The van der Waals surface area contributed by atoms with E-state index < -0.39 is 5.79 Å². The number of hydrogen-bond acceptors (Lipinski definition) is 4. The van der Waals surface area contributed by atoms with E-state index in [4.69, 9.17) is 9.47 Å². The van der Waals surface area contributed by atoms with Gasteiger partial charge in [0, 0.05) is 42.7 Å². The summed E-state index contributed by atoms with van der Waals surface area (Å²) in [5.41, 5.74) is 2.93. The molecule has 6 heteroatoms. The first-order valence-corrected chi connectivity index (χ1v) is 10.2. The number of amides is 2. The van der Waals surface area contributed by atoms with Gasteiger partial charge in [0.2, 0.25) is 0 Å². The van der Waals surface area contributed by atoms with Crippen LogP contribution in [0.5, 0.6) is 0 Å². The monoisotopic (exact) mass is 394 g/mol. The minimum absolute atomic E-state index is 0.0696. The number of aryl methyl sites for hydroxylation is 1. The smallest absolute Gasteiger partial charge is 0.255 e. The molecule has 2 aliphatic rings.